The number of rotatable bonds is 5. The molecule has 0 atom stereocenters. The van der Waals surface area contributed by atoms with Gasteiger partial charge in [-0.2, -0.15) is 10.2 Å². The molecule has 0 unspecified atom stereocenters. The van der Waals surface area contributed by atoms with Gasteiger partial charge in [-0.05, 0) is 72.8 Å². The molecule has 0 saturated heterocycles. The Balaban J connectivity index is 1.60. The minimum Gasteiger partial charge on any atom is -0.497 e. The fourth-order valence-corrected chi connectivity index (χ4v) is 2.95. The van der Waals surface area contributed by atoms with Crippen LogP contribution in [0.15, 0.2) is 92.2 Å². The molecule has 1 N–H and O–H groups in total. The standard InChI is InChI=1S/C23H16ClN3O4/c1-30-19-9-6-17(7-10-19)26-27-18-8-11-21-14(12-18)13-20(23(29)31-21)22(28)25-16-4-2-15(24)3-5-16/h2-13H,1H3,(H,25,28). The van der Waals surface area contributed by atoms with Crippen molar-refractivity contribution in [1.29, 1.82) is 0 Å². The van der Waals surface area contributed by atoms with E-state index in [0.29, 0.717) is 33.1 Å². The van der Waals surface area contributed by atoms with Gasteiger partial charge in [0, 0.05) is 16.1 Å². The molecule has 7 nitrogen and oxygen atoms in total. The predicted molar refractivity (Wildman–Crippen MR) is 119 cm³/mol. The van der Waals surface area contributed by atoms with Gasteiger partial charge in [-0.25, -0.2) is 4.79 Å². The first-order valence-electron chi connectivity index (χ1n) is 9.22. The molecule has 0 aliphatic carbocycles. The van der Waals surface area contributed by atoms with Crippen molar-refractivity contribution in [3.05, 3.63) is 93.8 Å². The molecule has 0 saturated carbocycles. The summed E-state index contributed by atoms with van der Waals surface area (Å²) < 4.78 is 10.4. The van der Waals surface area contributed by atoms with Crippen molar-refractivity contribution in [2.24, 2.45) is 10.2 Å². The fourth-order valence-electron chi connectivity index (χ4n) is 2.83. The zero-order valence-corrected chi connectivity index (χ0v) is 17.1. The molecule has 1 amide bonds. The maximum Gasteiger partial charge on any atom is 0.349 e. The molecule has 0 radical (unpaired) electrons. The smallest absolute Gasteiger partial charge is 0.349 e. The van der Waals surface area contributed by atoms with Crippen LogP contribution in [-0.2, 0) is 0 Å². The summed E-state index contributed by atoms with van der Waals surface area (Å²) in [6.07, 6.45) is 0. The Kier molecular flexibility index (Phi) is 5.77. The van der Waals surface area contributed by atoms with Gasteiger partial charge in [0.25, 0.3) is 5.91 Å². The highest BCUT2D eigenvalue weighted by atomic mass is 35.5. The fraction of sp³-hybridized carbons (Fsp3) is 0.0435. The second kappa shape index (κ2) is 8.81. The van der Waals surface area contributed by atoms with Gasteiger partial charge in [-0.3, -0.25) is 4.79 Å². The monoisotopic (exact) mass is 433 g/mol. The lowest BCUT2D eigenvalue weighted by Crippen LogP contribution is -2.20. The zero-order chi connectivity index (χ0) is 21.8. The highest BCUT2D eigenvalue weighted by Crippen LogP contribution is 2.25. The highest BCUT2D eigenvalue weighted by Gasteiger charge is 2.14. The van der Waals surface area contributed by atoms with Crippen LogP contribution in [0.5, 0.6) is 5.75 Å². The van der Waals surface area contributed by atoms with Crippen LogP contribution >= 0.6 is 11.6 Å². The highest BCUT2D eigenvalue weighted by molar-refractivity contribution is 6.30. The van der Waals surface area contributed by atoms with E-state index in [4.69, 9.17) is 20.8 Å². The molecule has 154 valence electrons. The van der Waals surface area contributed by atoms with E-state index in [1.54, 1.807) is 73.8 Å². The predicted octanol–water partition coefficient (Wildman–Crippen LogP) is 6.12. The number of amides is 1. The second-order valence-corrected chi connectivity index (χ2v) is 6.97. The molecule has 31 heavy (non-hydrogen) atoms. The lowest BCUT2D eigenvalue weighted by Gasteiger charge is -2.05. The summed E-state index contributed by atoms with van der Waals surface area (Å²) in [5.41, 5.74) is 1.20. The third kappa shape index (κ3) is 4.79. The normalized spacial score (nSPS) is 11.0. The van der Waals surface area contributed by atoms with Gasteiger partial charge in [0.1, 0.15) is 16.9 Å². The van der Waals surface area contributed by atoms with Crippen LogP contribution in [0.25, 0.3) is 11.0 Å². The summed E-state index contributed by atoms with van der Waals surface area (Å²) in [6.45, 7) is 0. The lowest BCUT2D eigenvalue weighted by atomic mass is 10.1. The van der Waals surface area contributed by atoms with Gasteiger partial charge in [0.05, 0.1) is 18.5 Å². The van der Waals surface area contributed by atoms with Crippen molar-refractivity contribution in [3.8, 4) is 5.75 Å². The summed E-state index contributed by atoms with van der Waals surface area (Å²) in [6, 6.07) is 20.1. The van der Waals surface area contributed by atoms with Crippen LogP contribution in [0.3, 0.4) is 0 Å². The Labute approximate surface area is 181 Å². The van der Waals surface area contributed by atoms with Crippen LogP contribution in [0, 0.1) is 0 Å². The van der Waals surface area contributed by atoms with Gasteiger partial charge >= 0.3 is 5.63 Å². The number of carbonyl (C=O) groups is 1. The SMILES string of the molecule is COc1ccc(N=Nc2ccc3oc(=O)c(C(=O)Nc4ccc(Cl)cc4)cc3c2)cc1. The molecule has 1 heterocycles. The first-order valence-corrected chi connectivity index (χ1v) is 9.60. The Hall–Kier alpha value is -3.97. The molecule has 0 bridgehead atoms. The molecule has 8 heteroatoms. The second-order valence-electron chi connectivity index (χ2n) is 6.53. The van der Waals surface area contributed by atoms with Crippen LogP contribution in [-0.4, -0.2) is 13.0 Å². The van der Waals surface area contributed by atoms with E-state index < -0.39 is 11.5 Å². The number of methoxy groups -OCH3 is 1. The van der Waals surface area contributed by atoms with Gasteiger partial charge < -0.3 is 14.5 Å². The molecular formula is C23H16ClN3O4. The summed E-state index contributed by atoms with van der Waals surface area (Å²) in [5.74, 6) is 0.146. The minimum atomic E-state index is -0.730. The Morgan fingerprint density at radius 3 is 2.32 bits per heavy atom. The molecule has 3 aromatic carbocycles. The molecule has 4 rings (SSSR count). The first kappa shape index (κ1) is 20.3. The topological polar surface area (TPSA) is 93.3 Å². The van der Waals surface area contributed by atoms with Crippen molar-refractivity contribution in [1.82, 2.24) is 0 Å². The molecule has 4 aromatic rings. The zero-order valence-electron chi connectivity index (χ0n) is 16.3. The van der Waals surface area contributed by atoms with Crippen LogP contribution in [0.2, 0.25) is 5.02 Å². The van der Waals surface area contributed by atoms with Gasteiger partial charge in [0.2, 0.25) is 0 Å². The van der Waals surface area contributed by atoms with Crippen LogP contribution in [0.4, 0.5) is 17.1 Å². The first-order chi connectivity index (χ1) is 15.0. The van der Waals surface area contributed by atoms with E-state index in [1.807, 2.05) is 0 Å². The number of carbonyl (C=O) groups excluding carboxylic acids is 1. The van der Waals surface area contributed by atoms with E-state index in [9.17, 15) is 9.59 Å². The number of benzene rings is 3. The number of hydrogen-bond acceptors (Lipinski definition) is 6. The molecule has 0 aliphatic heterocycles. The quantitative estimate of drug-likeness (QED) is 0.303. The van der Waals surface area contributed by atoms with E-state index in [2.05, 4.69) is 15.5 Å². The number of ether oxygens (including phenoxy) is 1. The van der Waals surface area contributed by atoms with E-state index in [-0.39, 0.29) is 5.56 Å². The third-order valence-electron chi connectivity index (χ3n) is 4.42. The van der Waals surface area contributed by atoms with Crippen LogP contribution < -0.4 is 15.7 Å². The largest absolute Gasteiger partial charge is 0.497 e. The Morgan fingerprint density at radius 1 is 0.935 bits per heavy atom. The van der Waals surface area contributed by atoms with Crippen molar-refractivity contribution in [2.45, 2.75) is 0 Å². The molecular weight excluding hydrogens is 418 g/mol. The number of hydrogen-bond donors (Lipinski definition) is 1. The number of nitrogens with zero attached hydrogens (tertiary/aromatic N) is 2. The van der Waals surface area contributed by atoms with E-state index >= 15 is 0 Å². The molecule has 0 fully saturated rings. The number of azo groups is 1. The average Bonchev–Trinajstić information content (AvgIpc) is 2.79. The van der Waals surface area contributed by atoms with Crippen molar-refractivity contribution >= 4 is 45.5 Å². The number of fused-ring (bicyclic) bond motifs is 1. The number of anilines is 1. The summed E-state index contributed by atoms with van der Waals surface area (Å²) in [4.78, 5) is 24.8. The lowest BCUT2D eigenvalue weighted by molar-refractivity contribution is 0.102. The van der Waals surface area contributed by atoms with Gasteiger partial charge in [0.15, 0.2) is 0 Å². The Bertz CT molecular complexity index is 1330. The van der Waals surface area contributed by atoms with E-state index in [1.165, 1.54) is 6.07 Å². The molecule has 0 spiro atoms. The number of nitrogens with one attached hydrogen (secondary N) is 1. The minimum absolute atomic E-state index is 0.119. The third-order valence-corrected chi connectivity index (χ3v) is 4.67. The summed E-state index contributed by atoms with van der Waals surface area (Å²) in [7, 11) is 1.59. The van der Waals surface area contributed by atoms with Crippen molar-refractivity contribution < 1.29 is 13.9 Å². The van der Waals surface area contributed by atoms with Gasteiger partial charge in [-0.15, -0.1) is 0 Å². The van der Waals surface area contributed by atoms with Crippen molar-refractivity contribution in [3.63, 3.8) is 0 Å². The van der Waals surface area contributed by atoms with Crippen LogP contribution in [0.1, 0.15) is 10.4 Å². The Morgan fingerprint density at radius 2 is 1.61 bits per heavy atom. The maximum atomic E-state index is 12.6. The molecule has 1 aromatic heterocycles. The average molecular weight is 434 g/mol. The van der Waals surface area contributed by atoms with Gasteiger partial charge in [-0.1, -0.05) is 11.6 Å². The van der Waals surface area contributed by atoms with Crippen molar-refractivity contribution in [2.75, 3.05) is 12.4 Å². The number of halogens is 1. The summed E-state index contributed by atoms with van der Waals surface area (Å²) >= 11 is 5.85. The maximum absolute atomic E-state index is 12.6. The summed E-state index contributed by atoms with van der Waals surface area (Å²) in [5, 5.41) is 12.1. The molecule has 0 aliphatic rings. The van der Waals surface area contributed by atoms with E-state index in [0.717, 1.165) is 5.75 Å².